The first kappa shape index (κ1) is 23.5. The average Bonchev–Trinajstić information content (AvgIpc) is 3.22. The third-order valence-electron chi connectivity index (χ3n) is 5.43. The highest BCUT2D eigenvalue weighted by Crippen LogP contribution is 2.27. The molecule has 2 amide bonds. The average molecular weight is 533 g/mol. The number of halogens is 3. The van der Waals surface area contributed by atoms with Crippen LogP contribution in [0, 0.1) is 5.82 Å². The number of anilines is 1. The number of nitrogens with one attached hydrogen (secondary N) is 2. The van der Waals surface area contributed by atoms with Crippen LogP contribution in [0.5, 0.6) is 5.75 Å². The minimum Gasteiger partial charge on any atom is -0.489 e. The second kappa shape index (κ2) is 11.0. The van der Waals surface area contributed by atoms with Crippen molar-refractivity contribution in [2.24, 2.45) is 0 Å². The van der Waals surface area contributed by atoms with Crippen LogP contribution in [0.15, 0.2) is 71.2 Å². The van der Waals surface area contributed by atoms with Crippen LogP contribution in [0.2, 0.25) is 5.02 Å². The molecule has 0 bridgehead atoms. The van der Waals surface area contributed by atoms with Gasteiger partial charge in [0.1, 0.15) is 18.2 Å². The number of urea groups is 1. The number of hydrogen-bond acceptors (Lipinski definition) is 3. The van der Waals surface area contributed by atoms with Crippen molar-refractivity contribution >= 4 is 39.2 Å². The Bertz CT molecular complexity index is 1100. The molecule has 5 nitrogen and oxygen atoms in total. The highest BCUT2D eigenvalue weighted by atomic mass is 79.9. The van der Waals surface area contributed by atoms with E-state index in [-0.39, 0.29) is 17.9 Å². The molecule has 0 spiro atoms. The van der Waals surface area contributed by atoms with Crippen LogP contribution in [-0.2, 0) is 13.2 Å². The molecule has 0 radical (unpaired) electrons. The van der Waals surface area contributed by atoms with E-state index < -0.39 is 0 Å². The summed E-state index contributed by atoms with van der Waals surface area (Å²) in [4.78, 5) is 14.6. The zero-order valence-corrected chi connectivity index (χ0v) is 20.2. The minimum absolute atomic E-state index is 0.0380. The molecule has 2 N–H and O–H groups in total. The van der Waals surface area contributed by atoms with Gasteiger partial charge in [-0.15, -0.1) is 0 Å². The van der Waals surface area contributed by atoms with E-state index in [4.69, 9.17) is 16.3 Å². The Kier molecular flexibility index (Phi) is 7.85. The van der Waals surface area contributed by atoms with E-state index in [1.165, 1.54) is 24.3 Å². The van der Waals surface area contributed by atoms with Crippen LogP contribution in [0.3, 0.4) is 0 Å². The maximum absolute atomic E-state index is 13.0. The molecule has 33 heavy (non-hydrogen) atoms. The van der Waals surface area contributed by atoms with Crippen LogP contribution < -0.4 is 15.4 Å². The molecule has 1 saturated heterocycles. The molecule has 4 rings (SSSR count). The summed E-state index contributed by atoms with van der Waals surface area (Å²) < 4.78 is 20.1. The SMILES string of the molecule is O=C(Nc1ccc(F)cc1)NC1CCN(Cc2cc(Br)ccc2OCc2ccc(Cl)cc2)C1. The fraction of sp³-hybridized carbons (Fsp3) is 0.240. The van der Waals surface area contributed by atoms with Gasteiger partial charge in [0.2, 0.25) is 0 Å². The molecular formula is C25H24BrClFN3O2. The van der Waals surface area contributed by atoms with Crippen molar-refractivity contribution in [3.05, 3.63) is 93.2 Å². The number of rotatable bonds is 7. The van der Waals surface area contributed by atoms with Crippen LogP contribution >= 0.6 is 27.5 Å². The first-order chi connectivity index (χ1) is 15.9. The smallest absolute Gasteiger partial charge is 0.319 e. The number of nitrogens with zero attached hydrogens (tertiary/aromatic N) is 1. The third-order valence-corrected chi connectivity index (χ3v) is 6.18. The number of carbonyl (C=O) groups is 1. The van der Waals surface area contributed by atoms with E-state index in [1.807, 2.05) is 36.4 Å². The van der Waals surface area contributed by atoms with Gasteiger partial charge in [0.25, 0.3) is 0 Å². The first-order valence-electron chi connectivity index (χ1n) is 10.7. The lowest BCUT2D eigenvalue weighted by Gasteiger charge is -2.19. The fourth-order valence-corrected chi connectivity index (χ4v) is 4.31. The molecule has 1 unspecified atom stereocenters. The Balaban J connectivity index is 1.31. The molecule has 1 fully saturated rings. The molecule has 0 saturated carbocycles. The van der Waals surface area contributed by atoms with Gasteiger partial charge in [0, 0.05) is 46.4 Å². The van der Waals surface area contributed by atoms with Gasteiger partial charge in [-0.2, -0.15) is 0 Å². The molecular weight excluding hydrogens is 509 g/mol. The van der Waals surface area contributed by atoms with Crippen molar-refractivity contribution in [3.8, 4) is 5.75 Å². The van der Waals surface area contributed by atoms with Gasteiger partial charge >= 0.3 is 6.03 Å². The van der Waals surface area contributed by atoms with E-state index in [1.54, 1.807) is 0 Å². The molecule has 1 atom stereocenters. The number of benzene rings is 3. The van der Waals surface area contributed by atoms with Crippen molar-refractivity contribution in [2.45, 2.75) is 25.6 Å². The van der Waals surface area contributed by atoms with Crippen LogP contribution in [0.4, 0.5) is 14.9 Å². The van der Waals surface area contributed by atoms with Crippen LogP contribution in [0.1, 0.15) is 17.5 Å². The monoisotopic (exact) mass is 531 g/mol. The van der Waals surface area contributed by atoms with E-state index >= 15 is 0 Å². The van der Waals surface area contributed by atoms with E-state index in [0.717, 1.165) is 40.9 Å². The predicted octanol–water partition coefficient (Wildman–Crippen LogP) is 6.22. The molecule has 8 heteroatoms. The maximum atomic E-state index is 13.0. The maximum Gasteiger partial charge on any atom is 0.319 e. The lowest BCUT2D eigenvalue weighted by atomic mass is 10.2. The van der Waals surface area contributed by atoms with Crippen molar-refractivity contribution in [1.82, 2.24) is 10.2 Å². The topological polar surface area (TPSA) is 53.6 Å². The summed E-state index contributed by atoms with van der Waals surface area (Å²) in [5.41, 5.74) is 2.68. The number of hydrogen-bond donors (Lipinski definition) is 2. The zero-order valence-electron chi connectivity index (χ0n) is 17.9. The van der Waals surface area contributed by atoms with Gasteiger partial charge in [-0.3, -0.25) is 4.90 Å². The van der Waals surface area contributed by atoms with Gasteiger partial charge in [0.05, 0.1) is 0 Å². The number of ether oxygens (including phenoxy) is 1. The molecule has 0 aliphatic carbocycles. The largest absolute Gasteiger partial charge is 0.489 e. The Labute approximate surface area is 206 Å². The molecule has 1 aliphatic rings. The van der Waals surface area contributed by atoms with Gasteiger partial charge < -0.3 is 15.4 Å². The second-order valence-electron chi connectivity index (χ2n) is 7.99. The summed E-state index contributed by atoms with van der Waals surface area (Å²) in [6, 6.07) is 19.1. The summed E-state index contributed by atoms with van der Waals surface area (Å²) in [6.45, 7) is 2.78. The lowest BCUT2D eigenvalue weighted by molar-refractivity contribution is 0.247. The van der Waals surface area contributed by atoms with Gasteiger partial charge in [-0.1, -0.05) is 39.7 Å². The standard InChI is InChI=1S/C25H24BrClFN3O2/c26-19-3-10-24(33-16-17-1-4-20(27)5-2-17)18(13-19)14-31-12-11-23(15-31)30-25(32)29-22-8-6-21(28)7-9-22/h1-10,13,23H,11-12,14-16H2,(H2,29,30,32). The second-order valence-corrected chi connectivity index (χ2v) is 9.35. The fourth-order valence-electron chi connectivity index (χ4n) is 3.77. The van der Waals surface area contributed by atoms with Gasteiger partial charge in [-0.25, -0.2) is 9.18 Å². The Morgan fingerprint density at radius 3 is 2.64 bits per heavy atom. The highest BCUT2D eigenvalue weighted by molar-refractivity contribution is 9.10. The molecule has 1 aliphatic heterocycles. The molecule has 3 aromatic carbocycles. The third kappa shape index (κ3) is 6.93. The number of carbonyl (C=O) groups excluding carboxylic acids is 1. The van der Waals surface area contributed by atoms with E-state index in [9.17, 15) is 9.18 Å². The van der Waals surface area contributed by atoms with E-state index in [2.05, 4.69) is 37.5 Å². The number of amides is 2. The van der Waals surface area contributed by atoms with Gasteiger partial charge in [-0.05, 0) is 66.6 Å². The zero-order chi connectivity index (χ0) is 23.2. The lowest BCUT2D eigenvalue weighted by Crippen LogP contribution is -2.39. The summed E-state index contributed by atoms with van der Waals surface area (Å²) in [7, 11) is 0. The molecule has 172 valence electrons. The molecule has 1 heterocycles. The Morgan fingerprint density at radius 2 is 1.88 bits per heavy atom. The molecule has 3 aromatic rings. The molecule has 0 aromatic heterocycles. The summed E-state index contributed by atoms with van der Waals surface area (Å²) in [6.07, 6.45) is 0.853. The Morgan fingerprint density at radius 1 is 1.12 bits per heavy atom. The van der Waals surface area contributed by atoms with Crippen molar-refractivity contribution < 1.29 is 13.9 Å². The van der Waals surface area contributed by atoms with Crippen LogP contribution in [-0.4, -0.2) is 30.1 Å². The summed E-state index contributed by atoms with van der Waals surface area (Å²) >= 11 is 9.51. The highest BCUT2D eigenvalue weighted by Gasteiger charge is 2.25. The van der Waals surface area contributed by atoms with Crippen molar-refractivity contribution in [1.29, 1.82) is 0 Å². The van der Waals surface area contributed by atoms with Crippen LogP contribution in [0.25, 0.3) is 0 Å². The summed E-state index contributed by atoms with van der Waals surface area (Å²) in [5, 5.41) is 6.44. The first-order valence-corrected chi connectivity index (χ1v) is 11.8. The number of likely N-dealkylation sites (tertiary alicyclic amines) is 1. The normalized spacial score (nSPS) is 15.9. The van der Waals surface area contributed by atoms with Crippen molar-refractivity contribution in [3.63, 3.8) is 0 Å². The minimum atomic E-state index is -0.337. The van der Waals surface area contributed by atoms with E-state index in [0.29, 0.717) is 23.9 Å². The summed E-state index contributed by atoms with van der Waals surface area (Å²) in [5.74, 6) is 0.495. The predicted molar refractivity (Wildman–Crippen MR) is 132 cm³/mol. The Hall–Kier alpha value is -2.61. The quantitative estimate of drug-likeness (QED) is 0.380. The van der Waals surface area contributed by atoms with Gasteiger partial charge in [0.15, 0.2) is 0 Å². The van der Waals surface area contributed by atoms with Crippen molar-refractivity contribution in [2.75, 3.05) is 18.4 Å².